The third kappa shape index (κ3) is 3.86. The van der Waals surface area contributed by atoms with Gasteiger partial charge in [0.2, 0.25) is 5.91 Å². The molecule has 0 fully saturated rings. The number of thiazole rings is 1. The molecule has 21 heavy (non-hydrogen) atoms. The molecular weight excluding hydrogens is 312 g/mol. The summed E-state index contributed by atoms with van der Waals surface area (Å²) in [6.07, 6.45) is 0.0314. The average molecular weight is 328 g/mol. The molecule has 0 saturated heterocycles. The fraction of sp³-hybridized carbons (Fsp3) is 0.385. The number of hydrogen-bond donors (Lipinski definition) is 4. The molecule has 0 aliphatic rings. The summed E-state index contributed by atoms with van der Waals surface area (Å²) < 4.78 is 0. The number of nitrogens with zero attached hydrogens (tertiary/aromatic N) is 1. The number of rotatable bonds is 7. The lowest BCUT2D eigenvalue weighted by molar-refractivity contribution is -0.124. The van der Waals surface area contributed by atoms with E-state index in [1.807, 2.05) is 17.5 Å². The molecule has 0 spiro atoms. The number of aliphatic hydroxyl groups excluding tert-OH is 3. The van der Waals surface area contributed by atoms with E-state index in [4.69, 9.17) is 0 Å². The monoisotopic (exact) mass is 328 g/mol. The van der Waals surface area contributed by atoms with Crippen LogP contribution in [0.1, 0.15) is 5.69 Å². The Morgan fingerprint density at radius 3 is 2.52 bits per heavy atom. The average Bonchev–Trinajstić information content (AvgIpc) is 3.15. The highest BCUT2D eigenvalue weighted by Crippen LogP contribution is 2.27. The van der Waals surface area contributed by atoms with Crippen molar-refractivity contribution in [2.45, 2.75) is 12.0 Å². The van der Waals surface area contributed by atoms with E-state index >= 15 is 0 Å². The maximum Gasteiger partial charge on any atom is 0.226 e. The number of amides is 1. The molecule has 1 amide bonds. The van der Waals surface area contributed by atoms with Crippen LogP contribution in [0, 0.1) is 0 Å². The van der Waals surface area contributed by atoms with Gasteiger partial charge in [0.05, 0.1) is 36.8 Å². The van der Waals surface area contributed by atoms with Crippen molar-refractivity contribution in [1.29, 1.82) is 0 Å². The van der Waals surface area contributed by atoms with Crippen LogP contribution in [-0.2, 0) is 11.2 Å². The Morgan fingerprint density at radius 1 is 1.24 bits per heavy atom. The predicted octanol–water partition coefficient (Wildman–Crippen LogP) is 0.246. The molecular formula is C13H16N2O4S2. The molecule has 0 aliphatic carbocycles. The lowest BCUT2D eigenvalue weighted by Gasteiger charge is -2.28. The minimum Gasteiger partial charge on any atom is -0.394 e. The van der Waals surface area contributed by atoms with Crippen LogP contribution in [0.5, 0.6) is 0 Å². The van der Waals surface area contributed by atoms with Crippen LogP contribution in [0.15, 0.2) is 22.9 Å². The van der Waals surface area contributed by atoms with Crippen molar-refractivity contribution >= 4 is 28.6 Å². The van der Waals surface area contributed by atoms with Gasteiger partial charge in [-0.2, -0.15) is 0 Å². The molecule has 0 aliphatic heterocycles. The second-order valence-corrected chi connectivity index (χ2v) is 6.41. The van der Waals surface area contributed by atoms with Crippen LogP contribution >= 0.6 is 22.7 Å². The largest absolute Gasteiger partial charge is 0.394 e. The van der Waals surface area contributed by atoms with E-state index < -0.39 is 31.3 Å². The van der Waals surface area contributed by atoms with Gasteiger partial charge in [-0.1, -0.05) is 6.07 Å². The normalized spacial score (nSPS) is 11.6. The van der Waals surface area contributed by atoms with Crippen molar-refractivity contribution < 1.29 is 20.1 Å². The number of nitrogens with one attached hydrogen (secondary N) is 1. The second kappa shape index (κ2) is 7.10. The Labute approximate surface area is 129 Å². The summed E-state index contributed by atoms with van der Waals surface area (Å²) >= 11 is 3.03. The predicted molar refractivity (Wildman–Crippen MR) is 81.3 cm³/mol. The molecule has 0 unspecified atom stereocenters. The van der Waals surface area contributed by atoms with E-state index in [9.17, 15) is 20.1 Å². The molecule has 0 aromatic carbocycles. The van der Waals surface area contributed by atoms with Crippen LogP contribution in [0.3, 0.4) is 0 Å². The Bertz CT molecular complexity index is 571. The Kier molecular flexibility index (Phi) is 5.43. The summed E-state index contributed by atoms with van der Waals surface area (Å²) in [5.74, 6) is -0.407. The summed E-state index contributed by atoms with van der Waals surface area (Å²) in [4.78, 5) is 17.3. The molecule has 0 bridgehead atoms. The van der Waals surface area contributed by atoms with Crippen LogP contribution in [0.4, 0.5) is 0 Å². The summed E-state index contributed by atoms with van der Waals surface area (Å²) in [5, 5.41) is 34.6. The van der Waals surface area contributed by atoms with Crippen LogP contribution in [0.25, 0.3) is 9.88 Å². The minimum atomic E-state index is -1.40. The Morgan fingerprint density at radius 2 is 1.95 bits per heavy atom. The van der Waals surface area contributed by atoms with E-state index in [1.54, 1.807) is 16.7 Å². The number of hydrogen-bond acceptors (Lipinski definition) is 7. The van der Waals surface area contributed by atoms with Crippen molar-refractivity contribution in [2.24, 2.45) is 0 Å². The van der Waals surface area contributed by atoms with E-state index in [0.717, 1.165) is 9.88 Å². The Balaban J connectivity index is 2.00. The van der Waals surface area contributed by atoms with Gasteiger partial charge in [-0.3, -0.25) is 4.79 Å². The van der Waals surface area contributed by atoms with Gasteiger partial charge in [0.15, 0.2) is 0 Å². The lowest BCUT2D eigenvalue weighted by Crippen LogP contribution is -2.57. The minimum absolute atomic E-state index is 0.0314. The first kappa shape index (κ1) is 16.1. The maximum atomic E-state index is 11.9. The molecule has 2 aromatic heterocycles. The van der Waals surface area contributed by atoms with Gasteiger partial charge in [0.25, 0.3) is 0 Å². The van der Waals surface area contributed by atoms with Crippen molar-refractivity contribution in [2.75, 3.05) is 19.8 Å². The van der Waals surface area contributed by atoms with Gasteiger partial charge in [-0.15, -0.1) is 22.7 Å². The van der Waals surface area contributed by atoms with Crippen LogP contribution < -0.4 is 5.32 Å². The third-order valence-corrected chi connectivity index (χ3v) is 4.87. The number of thiophene rings is 1. The second-order valence-electron chi connectivity index (χ2n) is 4.60. The number of aromatic nitrogens is 1. The zero-order valence-electron chi connectivity index (χ0n) is 11.2. The first-order chi connectivity index (χ1) is 10.1. The molecule has 4 N–H and O–H groups in total. The summed E-state index contributed by atoms with van der Waals surface area (Å²) in [5.41, 5.74) is -0.785. The smallest absolute Gasteiger partial charge is 0.226 e. The first-order valence-electron chi connectivity index (χ1n) is 6.24. The zero-order valence-corrected chi connectivity index (χ0v) is 12.8. The highest BCUT2D eigenvalue weighted by atomic mass is 32.1. The van der Waals surface area contributed by atoms with Gasteiger partial charge in [-0.05, 0) is 11.4 Å². The highest BCUT2D eigenvalue weighted by molar-refractivity contribution is 7.20. The molecule has 114 valence electrons. The molecule has 0 radical (unpaired) electrons. The van der Waals surface area contributed by atoms with Crippen LogP contribution in [-0.4, -0.2) is 51.6 Å². The highest BCUT2D eigenvalue weighted by Gasteiger charge is 2.30. The topological polar surface area (TPSA) is 103 Å². The summed E-state index contributed by atoms with van der Waals surface area (Å²) in [7, 11) is 0. The number of aliphatic hydroxyl groups is 3. The van der Waals surface area contributed by atoms with Gasteiger partial charge in [-0.25, -0.2) is 4.98 Å². The van der Waals surface area contributed by atoms with Crippen molar-refractivity contribution in [3.63, 3.8) is 0 Å². The quantitative estimate of drug-likeness (QED) is 0.583. The summed E-state index contributed by atoms with van der Waals surface area (Å²) in [6, 6.07) is 3.90. The van der Waals surface area contributed by atoms with E-state index in [-0.39, 0.29) is 6.42 Å². The fourth-order valence-corrected chi connectivity index (χ4v) is 3.31. The van der Waals surface area contributed by atoms with Gasteiger partial charge in [0.1, 0.15) is 10.5 Å². The first-order valence-corrected chi connectivity index (χ1v) is 8.00. The van der Waals surface area contributed by atoms with Gasteiger partial charge < -0.3 is 20.6 Å². The fourth-order valence-electron chi connectivity index (χ4n) is 1.67. The summed E-state index contributed by atoms with van der Waals surface area (Å²) in [6.45, 7) is -1.62. The SMILES string of the molecule is O=C(Cc1csc(-c2cccs2)n1)NC(CO)(CO)CO. The van der Waals surface area contributed by atoms with E-state index in [1.165, 1.54) is 11.3 Å². The molecule has 2 rings (SSSR count). The molecule has 2 heterocycles. The molecule has 0 atom stereocenters. The molecule has 6 nitrogen and oxygen atoms in total. The third-order valence-electron chi connectivity index (χ3n) is 2.94. The van der Waals surface area contributed by atoms with Crippen molar-refractivity contribution in [1.82, 2.24) is 10.3 Å². The van der Waals surface area contributed by atoms with Crippen molar-refractivity contribution in [3.8, 4) is 9.88 Å². The number of carbonyl (C=O) groups is 1. The molecule has 0 saturated carbocycles. The molecule has 8 heteroatoms. The van der Waals surface area contributed by atoms with Crippen molar-refractivity contribution in [3.05, 3.63) is 28.6 Å². The standard InChI is InChI=1S/C13H16N2O4S2/c16-6-13(7-17,8-18)15-11(19)4-9-5-21-12(14-9)10-2-1-3-20-10/h1-3,5,16-18H,4,6-8H2,(H,15,19). The van der Waals surface area contributed by atoms with E-state index in [2.05, 4.69) is 10.3 Å². The van der Waals surface area contributed by atoms with Gasteiger partial charge in [0, 0.05) is 5.38 Å². The maximum absolute atomic E-state index is 11.9. The van der Waals surface area contributed by atoms with Gasteiger partial charge >= 0.3 is 0 Å². The van der Waals surface area contributed by atoms with Crippen LogP contribution in [0.2, 0.25) is 0 Å². The zero-order chi connectivity index (χ0) is 15.3. The lowest BCUT2D eigenvalue weighted by atomic mass is 10.0. The molecule has 2 aromatic rings. The Hall–Kier alpha value is -1.32. The number of carbonyl (C=O) groups excluding carboxylic acids is 1. The van der Waals surface area contributed by atoms with E-state index in [0.29, 0.717) is 5.69 Å².